The van der Waals surface area contributed by atoms with Gasteiger partial charge in [0.05, 0.1) is 13.0 Å². The lowest BCUT2D eigenvalue weighted by molar-refractivity contribution is -0.308. The second-order valence-electron chi connectivity index (χ2n) is 3.71. The summed E-state index contributed by atoms with van der Waals surface area (Å²) in [6, 6.07) is 8.55. The van der Waals surface area contributed by atoms with Gasteiger partial charge in [0, 0.05) is 11.9 Å². The number of rotatable bonds is 6. The zero-order valence-corrected chi connectivity index (χ0v) is 9.72. The van der Waals surface area contributed by atoms with Crippen LogP contribution in [0.1, 0.15) is 31.2 Å². The Morgan fingerprint density at radius 2 is 1.94 bits per heavy atom. The van der Waals surface area contributed by atoms with Crippen molar-refractivity contribution in [3.63, 3.8) is 0 Å². The molecular formula is C13H15O4-. The maximum Gasteiger partial charge on any atom is 0.306 e. The summed E-state index contributed by atoms with van der Waals surface area (Å²) in [5.41, 5.74) is 0.556. The molecule has 0 aliphatic heterocycles. The van der Waals surface area contributed by atoms with Gasteiger partial charge in [-0.3, -0.25) is 4.79 Å². The number of hydrogen-bond acceptors (Lipinski definition) is 4. The van der Waals surface area contributed by atoms with E-state index in [4.69, 9.17) is 4.74 Å². The number of aliphatic carboxylic acids is 1. The first-order chi connectivity index (χ1) is 8.15. The third-order valence-electron chi connectivity index (χ3n) is 2.32. The highest BCUT2D eigenvalue weighted by atomic mass is 16.5. The van der Waals surface area contributed by atoms with Crippen LogP contribution in [0.4, 0.5) is 0 Å². The molecule has 4 nitrogen and oxygen atoms in total. The molecule has 1 atom stereocenters. The number of ether oxygens (including phenoxy) is 1. The summed E-state index contributed by atoms with van der Waals surface area (Å²) < 4.78 is 4.86. The molecule has 0 amide bonds. The number of carbonyl (C=O) groups excluding carboxylic acids is 2. The summed E-state index contributed by atoms with van der Waals surface area (Å²) in [4.78, 5) is 22.4. The molecule has 0 saturated heterocycles. The highest BCUT2D eigenvalue weighted by Crippen LogP contribution is 2.19. The van der Waals surface area contributed by atoms with Gasteiger partial charge in [0.1, 0.15) is 0 Å². The Morgan fingerprint density at radius 1 is 1.29 bits per heavy atom. The molecule has 0 radical (unpaired) electrons. The summed E-state index contributed by atoms with van der Waals surface area (Å²) in [7, 11) is 0. The van der Waals surface area contributed by atoms with E-state index in [0.29, 0.717) is 18.6 Å². The van der Waals surface area contributed by atoms with Crippen molar-refractivity contribution in [1.82, 2.24) is 0 Å². The Labute approximate surface area is 100 Å². The van der Waals surface area contributed by atoms with Crippen LogP contribution < -0.4 is 5.11 Å². The lowest BCUT2D eigenvalue weighted by Gasteiger charge is -2.17. The quantitative estimate of drug-likeness (QED) is 0.686. The van der Waals surface area contributed by atoms with E-state index >= 15 is 0 Å². The molecular weight excluding hydrogens is 220 g/mol. The minimum Gasteiger partial charge on any atom is -0.549 e. The van der Waals surface area contributed by atoms with Crippen LogP contribution in [0.5, 0.6) is 0 Å². The third kappa shape index (κ3) is 4.26. The fourth-order valence-electron chi connectivity index (χ4n) is 1.46. The van der Waals surface area contributed by atoms with Gasteiger partial charge in [0.15, 0.2) is 0 Å². The normalized spacial score (nSPS) is 11.8. The highest BCUT2D eigenvalue weighted by molar-refractivity contribution is 5.82. The van der Waals surface area contributed by atoms with Gasteiger partial charge in [-0.1, -0.05) is 37.3 Å². The first-order valence-corrected chi connectivity index (χ1v) is 5.56. The topological polar surface area (TPSA) is 66.4 Å². The van der Waals surface area contributed by atoms with Crippen LogP contribution in [0.3, 0.4) is 0 Å². The van der Waals surface area contributed by atoms with Crippen molar-refractivity contribution in [3.05, 3.63) is 35.9 Å². The SMILES string of the molecule is CCCOC(=O)CC(C(=O)[O-])c1ccccc1. The van der Waals surface area contributed by atoms with E-state index in [9.17, 15) is 14.7 Å². The summed E-state index contributed by atoms with van der Waals surface area (Å²) in [5.74, 6) is -2.71. The zero-order chi connectivity index (χ0) is 12.7. The lowest BCUT2D eigenvalue weighted by atomic mass is 9.96. The average Bonchev–Trinajstić information content (AvgIpc) is 2.34. The van der Waals surface area contributed by atoms with Crippen molar-refractivity contribution < 1.29 is 19.4 Å². The van der Waals surface area contributed by atoms with Gasteiger partial charge in [-0.05, 0) is 12.0 Å². The molecule has 0 N–H and O–H groups in total. The maximum atomic E-state index is 11.4. The minimum absolute atomic E-state index is 0.188. The van der Waals surface area contributed by atoms with Crippen LogP contribution in [-0.2, 0) is 14.3 Å². The Morgan fingerprint density at radius 3 is 2.47 bits per heavy atom. The fourth-order valence-corrected chi connectivity index (χ4v) is 1.46. The monoisotopic (exact) mass is 235 g/mol. The van der Waals surface area contributed by atoms with E-state index < -0.39 is 17.9 Å². The highest BCUT2D eigenvalue weighted by Gasteiger charge is 2.17. The van der Waals surface area contributed by atoms with Gasteiger partial charge in [-0.15, -0.1) is 0 Å². The molecule has 1 aromatic carbocycles. The lowest BCUT2D eigenvalue weighted by Crippen LogP contribution is -2.31. The molecule has 0 fully saturated rings. The van der Waals surface area contributed by atoms with Crippen molar-refractivity contribution >= 4 is 11.9 Å². The van der Waals surface area contributed by atoms with Gasteiger partial charge in [0.25, 0.3) is 0 Å². The predicted molar refractivity (Wildman–Crippen MR) is 60.1 cm³/mol. The summed E-state index contributed by atoms with van der Waals surface area (Å²) >= 11 is 0. The van der Waals surface area contributed by atoms with Crippen molar-refractivity contribution in [1.29, 1.82) is 0 Å². The van der Waals surface area contributed by atoms with E-state index in [1.807, 2.05) is 6.92 Å². The maximum absolute atomic E-state index is 11.4. The smallest absolute Gasteiger partial charge is 0.306 e. The largest absolute Gasteiger partial charge is 0.549 e. The molecule has 17 heavy (non-hydrogen) atoms. The molecule has 0 aliphatic carbocycles. The van der Waals surface area contributed by atoms with Gasteiger partial charge in [-0.2, -0.15) is 0 Å². The average molecular weight is 235 g/mol. The van der Waals surface area contributed by atoms with E-state index in [1.54, 1.807) is 30.3 Å². The van der Waals surface area contributed by atoms with Crippen molar-refractivity contribution in [2.24, 2.45) is 0 Å². The third-order valence-corrected chi connectivity index (χ3v) is 2.32. The molecule has 0 bridgehead atoms. The second kappa shape index (κ2) is 6.68. The molecule has 0 spiro atoms. The van der Waals surface area contributed by atoms with Crippen molar-refractivity contribution in [3.8, 4) is 0 Å². The Kier molecular flexibility index (Phi) is 5.20. The Hall–Kier alpha value is -1.84. The van der Waals surface area contributed by atoms with Crippen LogP contribution in [-0.4, -0.2) is 18.5 Å². The van der Waals surface area contributed by atoms with E-state index in [0.717, 1.165) is 0 Å². The standard InChI is InChI=1S/C13H16O4/c1-2-8-17-12(14)9-11(13(15)16)10-6-4-3-5-7-10/h3-7,11H,2,8-9H2,1H3,(H,15,16)/p-1. The molecule has 1 rings (SSSR count). The molecule has 1 unspecified atom stereocenters. The second-order valence-corrected chi connectivity index (χ2v) is 3.71. The Balaban J connectivity index is 2.68. The fraction of sp³-hybridized carbons (Fsp3) is 0.385. The van der Waals surface area contributed by atoms with Crippen LogP contribution >= 0.6 is 0 Å². The first-order valence-electron chi connectivity index (χ1n) is 5.56. The first kappa shape index (κ1) is 13.2. The van der Waals surface area contributed by atoms with E-state index in [2.05, 4.69) is 0 Å². The summed E-state index contributed by atoms with van der Waals surface area (Å²) in [5, 5.41) is 11.0. The van der Waals surface area contributed by atoms with E-state index in [-0.39, 0.29) is 6.42 Å². The van der Waals surface area contributed by atoms with Crippen LogP contribution in [0, 0.1) is 0 Å². The van der Waals surface area contributed by atoms with Crippen molar-refractivity contribution in [2.75, 3.05) is 6.61 Å². The predicted octanol–water partition coefficient (Wildman–Crippen LogP) is 0.863. The number of esters is 1. The molecule has 1 aromatic rings. The molecule has 0 heterocycles. The van der Waals surface area contributed by atoms with Crippen LogP contribution in [0.2, 0.25) is 0 Å². The van der Waals surface area contributed by atoms with Gasteiger partial charge < -0.3 is 14.6 Å². The molecule has 4 heteroatoms. The zero-order valence-electron chi connectivity index (χ0n) is 9.72. The van der Waals surface area contributed by atoms with E-state index in [1.165, 1.54) is 0 Å². The number of carboxylic acids is 1. The van der Waals surface area contributed by atoms with Crippen molar-refractivity contribution in [2.45, 2.75) is 25.7 Å². The molecule has 92 valence electrons. The van der Waals surface area contributed by atoms with Gasteiger partial charge >= 0.3 is 5.97 Å². The molecule has 0 aromatic heterocycles. The Bertz CT molecular complexity index is 372. The summed E-state index contributed by atoms with van der Waals surface area (Å²) in [6.07, 6.45) is 0.527. The molecule has 0 aliphatic rings. The van der Waals surface area contributed by atoms with Crippen LogP contribution in [0.15, 0.2) is 30.3 Å². The summed E-state index contributed by atoms with van der Waals surface area (Å²) in [6.45, 7) is 2.19. The number of carboxylic acid groups (broad SMARTS) is 1. The van der Waals surface area contributed by atoms with Crippen LogP contribution in [0.25, 0.3) is 0 Å². The molecule has 0 saturated carbocycles. The minimum atomic E-state index is -1.26. The number of benzene rings is 1. The van der Waals surface area contributed by atoms with Gasteiger partial charge in [0.2, 0.25) is 0 Å². The number of hydrogen-bond donors (Lipinski definition) is 0. The number of carbonyl (C=O) groups is 2. The van der Waals surface area contributed by atoms with Gasteiger partial charge in [-0.25, -0.2) is 0 Å².